The number of nitrogens with two attached hydrogens (primary N) is 1. The summed E-state index contributed by atoms with van der Waals surface area (Å²) in [7, 11) is 0. The van der Waals surface area contributed by atoms with E-state index in [9.17, 15) is 5.11 Å². The van der Waals surface area contributed by atoms with Gasteiger partial charge in [-0.25, -0.2) is 0 Å². The number of hydrogen-bond acceptors (Lipinski definition) is 3. The molecule has 128 valence electrons. The van der Waals surface area contributed by atoms with E-state index >= 15 is 0 Å². The molecular weight excluding hydrogens is 325 g/mol. The average molecular weight is 358 g/mol. The van der Waals surface area contributed by atoms with Crippen LogP contribution < -0.4 is 5.73 Å². The number of thiol groups is 1. The molecule has 3 N–H and O–H groups in total. The van der Waals surface area contributed by atoms with Gasteiger partial charge in [-0.1, -0.05) is 38.5 Å². The largest absolute Gasteiger partial charge is 0.390 e. The second kappa shape index (κ2) is 9.87. The van der Waals surface area contributed by atoms with Gasteiger partial charge in [-0.3, -0.25) is 0 Å². The van der Waals surface area contributed by atoms with Crippen molar-refractivity contribution in [1.29, 1.82) is 0 Å². The highest BCUT2D eigenvalue weighted by molar-refractivity contribution is 7.82. The third-order valence-corrected chi connectivity index (χ3v) is 6.48. The molecule has 2 nitrogen and oxygen atoms in total. The Labute approximate surface area is 148 Å². The molecule has 0 saturated heterocycles. The molecule has 0 aromatic heterocycles. The highest BCUT2D eigenvalue weighted by Gasteiger charge is 2.48. The van der Waals surface area contributed by atoms with E-state index in [1.807, 2.05) is 6.92 Å². The molecule has 0 bridgehead atoms. The lowest BCUT2D eigenvalue weighted by Gasteiger charge is -2.50. The first-order valence-corrected chi connectivity index (χ1v) is 8.67. The lowest BCUT2D eigenvalue weighted by Crippen LogP contribution is -2.57. The maximum atomic E-state index is 10.7. The predicted molar refractivity (Wildman–Crippen MR) is 99.0 cm³/mol. The standard InChI is InChI=1S/C16H31NOS.2ClH/c1-12(17)15(18)16(19,13-8-4-2-5-9-13)14-10-6-3-7-11-14;;/h12-15,18-19H,2-11,17H2,1H3;2*1H. The molecule has 0 amide bonds. The molecule has 0 aromatic rings. The summed E-state index contributed by atoms with van der Waals surface area (Å²) in [4.78, 5) is 0. The molecule has 5 heteroatoms. The molecule has 0 aliphatic heterocycles. The fourth-order valence-corrected chi connectivity index (χ4v) is 5.12. The highest BCUT2D eigenvalue weighted by Crippen LogP contribution is 2.49. The first kappa shape index (κ1) is 21.9. The minimum Gasteiger partial charge on any atom is -0.390 e. The summed E-state index contributed by atoms with van der Waals surface area (Å²) < 4.78 is -0.255. The quantitative estimate of drug-likeness (QED) is 0.654. The molecule has 2 saturated carbocycles. The molecule has 2 atom stereocenters. The van der Waals surface area contributed by atoms with Crippen LogP contribution in [0.4, 0.5) is 0 Å². The average Bonchev–Trinajstić information content (AvgIpc) is 2.47. The Kier molecular flexibility index (Phi) is 10.3. The molecule has 2 aliphatic rings. The normalized spacial score (nSPS) is 24.6. The summed E-state index contributed by atoms with van der Waals surface area (Å²) in [5, 5.41) is 10.7. The van der Waals surface area contributed by atoms with E-state index in [1.54, 1.807) is 0 Å². The van der Waals surface area contributed by atoms with Crippen LogP contribution in [0.1, 0.15) is 71.1 Å². The topological polar surface area (TPSA) is 46.2 Å². The van der Waals surface area contributed by atoms with Crippen molar-refractivity contribution in [1.82, 2.24) is 0 Å². The summed E-state index contributed by atoms with van der Waals surface area (Å²) in [6.45, 7) is 1.93. The van der Waals surface area contributed by atoms with Gasteiger partial charge in [0, 0.05) is 10.8 Å². The zero-order chi connectivity index (χ0) is 13.9. The van der Waals surface area contributed by atoms with Crippen LogP contribution >= 0.6 is 37.4 Å². The molecule has 0 radical (unpaired) electrons. The molecular formula is C16H33Cl2NOS. The van der Waals surface area contributed by atoms with E-state index in [4.69, 9.17) is 18.4 Å². The van der Waals surface area contributed by atoms with E-state index < -0.39 is 6.10 Å². The lowest BCUT2D eigenvalue weighted by atomic mass is 9.65. The SMILES string of the molecule is CC(N)C(O)C(S)(C1CCCCC1)C1CCCCC1.Cl.Cl. The molecule has 2 rings (SSSR count). The minimum absolute atomic E-state index is 0. The predicted octanol–water partition coefficient (Wildman–Crippen LogP) is 4.37. The smallest absolute Gasteiger partial charge is 0.0837 e. The maximum Gasteiger partial charge on any atom is 0.0837 e. The van der Waals surface area contributed by atoms with E-state index in [0.717, 1.165) is 0 Å². The molecule has 2 fully saturated rings. The number of hydrogen-bond donors (Lipinski definition) is 3. The van der Waals surface area contributed by atoms with Crippen LogP contribution in [0.15, 0.2) is 0 Å². The van der Waals surface area contributed by atoms with Crippen molar-refractivity contribution in [3.63, 3.8) is 0 Å². The van der Waals surface area contributed by atoms with Gasteiger partial charge in [-0.05, 0) is 44.4 Å². The summed E-state index contributed by atoms with van der Waals surface area (Å²) in [6.07, 6.45) is 12.3. The monoisotopic (exact) mass is 357 g/mol. The summed E-state index contributed by atoms with van der Waals surface area (Å²) >= 11 is 5.11. The van der Waals surface area contributed by atoms with Gasteiger partial charge >= 0.3 is 0 Å². The first-order chi connectivity index (χ1) is 9.06. The second-order valence-electron chi connectivity index (χ2n) is 6.86. The van der Waals surface area contributed by atoms with Crippen molar-refractivity contribution in [3.8, 4) is 0 Å². The Morgan fingerprint density at radius 3 is 1.52 bits per heavy atom. The van der Waals surface area contributed by atoms with Gasteiger partial charge in [0.2, 0.25) is 0 Å². The van der Waals surface area contributed by atoms with Crippen LogP contribution in [0.5, 0.6) is 0 Å². The number of aliphatic hydroxyl groups excluding tert-OH is 1. The van der Waals surface area contributed by atoms with E-state index in [-0.39, 0.29) is 35.6 Å². The molecule has 0 aromatic carbocycles. The van der Waals surface area contributed by atoms with Gasteiger partial charge in [-0.2, -0.15) is 12.6 Å². The Hall–Kier alpha value is 0.850. The molecule has 0 heterocycles. The van der Waals surface area contributed by atoms with Gasteiger partial charge in [-0.15, -0.1) is 24.8 Å². The second-order valence-corrected chi connectivity index (χ2v) is 7.64. The summed E-state index contributed by atoms with van der Waals surface area (Å²) in [5.41, 5.74) is 6.04. The molecule has 2 unspecified atom stereocenters. The highest BCUT2D eigenvalue weighted by atomic mass is 35.5. The van der Waals surface area contributed by atoms with E-state index in [2.05, 4.69) is 0 Å². The van der Waals surface area contributed by atoms with Gasteiger partial charge < -0.3 is 10.8 Å². The van der Waals surface area contributed by atoms with Gasteiger partial charge in [0.1, 0.15) is 0 Å². The van der Waals surface area contributed by atoms with Crippen molar-refractivity contribution < 1.29 is 5.11 Å². The van der Waals surface area contributed by atoms with Crippen LogP contribution in [-0.2, 0) is 0 Å². The van der Waals surface area contributed by atoms with Crippen molar-refractivity contribution in [2.24, 2.45) is 17.6 Å². The zero-order valence-corrected chi connectivity index (χ0v) is 15.7. The molecule has 2 aliphatic carbocycles. The number of halogens is 2. The van der Waals surface area contributed by atoms with Crippen LogP contribution in [0, 0.1) is 11.8 Å². The van der Waals surface area contributed by atoms with Crippen LogP contribution in [0.2, 0.25) is 0 Å². The van der Waals surface area contributed by atoms with Crippen LogP contribution in [-0.4, -0.2) is 22.0 Å². The lowest BCUT2D eigenvalue weighted by molar-refractivity contribution is 0.0251. The van der Waals surface area contributed by atoms with Gasteiger partial charge in [0.25, 0.3) is 0 Å². The zero-order valence-electron chi connectivity index (χ0n) is 13.2. The summed E-state index contributed by atoms with van der Waals surface area (Å²) in [6, 6.07) is -0.179. The third kappa shape index (κ3) is 4.91. The fraction of sp³-hybridized carbons (Fsp3) is 1.00. The van der Waals surface area contributed by atoms with E-state index in [0.29, 0.717) is 11.8 Å². The fourth-order valence-electron chi connectivity index (χ4n) is 4.37. The van der Waals surface area contributed by atoms with Gasteiger partial charge in [0.15, 0.2) is 0 Å². The third-order valence-electron chi connectivity index (χ3n) is 5.49. The van der Waals surface area contributed by atoms with Crippen molar-refractivity contribution in [3.05, 3.63) is 0 Å². The Bertz CT molecular complexity index is 261. The van der Waals surface area contributed by atoms with Crippen molar-refractivity contribution in [2.45, 2.75) is 88.0 Å². The summed E-state index contributed by atoms with van der Waals surface area (Å²) in [5.74, 6) is 1.10. The Morgan fingerprint density at radius 1 is 0.905 bits per heavy atom. The Balaban J connectivity index is 0.00000200. The first-order valence-electron chi connectivity index (χ1n) is 8.22. The van der Waals surface area contributed by atoms with Gasteiger partial charge in [0.05, 0.1) is 6.10 Å². The van der Waals surface area contributed by atoms with Crippen molar-refractivity contribution >= 4 is 37.4 Å². The van der Waals surface area contributed by atoms with Crippen LogP contribution in [0.25, 0.3) is 0 Å². The molecule has 21 heavy (non-hydrogen) atoms. The molecule has 0 spiro atoms. The van der Waals surface area contributed by atoms with Crippen LogP contribution in [0.3, 0.4) is 0 Å². The maximum absolute atomic E-state index is 10.7. The van der Waals surface area contributed by atoms with Crippen molar-refractivity contribution in [2.75, 3.05) is 0 Å². The number of aliphatic hydroxyl groups is 1. The van der Waals surface area contributed by atoms with E-state index in [1.165, 1.54) is 64.2 Å². The minimum atomic E-state index is -0.470. The Morgan fingerprint density at radius 2 is 1.24 bits per heavy atom. The number of rotatable bonds is 4.